The van der Waals surface area contributed by atoms with E-state index in [0.29, 0.717) is 11.3 Å². The number of methoxy groups -OCH3 is 1. The zero-order valence-corrected chi connectivity index (χ0v) is 21.6. The first kappa shape index (κ1) is 27.3. The Bertz CT molecular complexity index is 1230. The van der Waals surface area contributed by atoms with Crippen molar-refractivity contribution in [3.63, 3.8) is 0 Å². The van der Waals surface area contributed by atoms with Gasteiger partial charge in [-0.2, -0.15) is 8.42 Å². The van der Waals surface area contributed by atoms with E-state index in [-0.39, 0.29) is 41.3 Å². The first-order valence-electron chi connectivity index (χ1n) is 12.0. The molecule has 36 heavy (non-hydrogen) atoms. The van der Waals surface area contributed by atoms with Gasteiger partial charge >= 0.3 is 10.1 Å². The van der Waals surface area contributed by atoms with Gasteiger partial charge in [-0.05, 0) is 66.9 Å². The maximum Gasteiger partial charge on any atom is 0.339 e. The first-order valence-corrected chi connectivity index (χ1v) is 13.4. The van der Waals surface area contributed by atoms with Gasteiger partial charge in [0.2, 0.25) is 5.91 Å². The van der Waals surface area contributed by atoms with Crippen molar-refractivity contribution in [3.05, 3.63) is 78.0 Å². The van der Waals surface area contributed by atoms with Gasteiger partial charge in [-0.15, -0.1) is 0 Å². The molecule has 0 radical (unpaired) electrons. The highest BCUT2D eigenvalue weighted by atomic mass is 32.2. The molecule has 2 aromatic carbocycles. The lowest BCUT2D eigenvalue weighted by atomic mass is 9.97. The lowest BCUT2D eigenvalue weighted by Crippen LogP contribution is -2.35. The van der Waals surface area contributed by atoms with E-state index in [1.807, 2.05) is 13.0 Å². The molecule has 7 nitrogen and oxygen atoms in total. The average Bonchev–Trinajstić information content (AvgIpc) is 3.37. The smallest absolute Gasteiger partial charge is 0.339 e. The van der Waals surface area contributed by atoms with Crippen molar-refractivity contribution in [1.29, 1.82) is 0 Å². The van der Waals surface area contributed by atoms with Crippen LogP contribution in [0.1, 0.15) is 50.9 Å². The Morgan fingerprint density at radius 1 is 1.06 bits per heavy atom. The number of nitrogens with zero attached hydrogens (tertiary/aromatic N) is 1. The number of unbranched alkanes of at least 4 members (excludes halogenated alkanes) is 1. The molecule has 0 saturated heterocycles. The fraction of sp³-hybridized carbons (Fsp3) is 0.370. The molecule has 0 spiro atoms. The third-order valence-corrected chi connectivity index (χ3v) is 7.14. The predicted octanol–water partition coefficient (Wildman–Crippen LogP) is 5.94. The molecule has 0 fully saturated rings. The molecule has 3 aromatic rings. The van der Waals surface area contributed by atoms with Crippen molar-refractivity contribution >= 4 is 16.0 Å². The number of carbonyl (C=O) groups is 1. The third-order valence-electron chi connectivity index (χ3n) is 5.89. The minimum absolute atomic E-state index is 0.0135. The van der Waals surface area contributed by atoms with Crippen LogP contribution in [0.5, 0.6) is 11.5 Å². The number of carbonyl (C=O) groups excluding carboxylic acids is 1. The van der Waals surface area contributed by atoms with E-state index in [9.17, 15) is 17.6 Å². The highest BCUT2D eigenvalue weighted by Crippen LogP contribution is 2.32. The molecule has 0 saturated carbocycles. The second kappa shape index (κ2) is 12.6. The summed E-state index contributed by atoms with van der Waals surface area (Å²) < 4.78 is 55.0. The van der Waals surface area contributed by atoms with Gasteiger partial charge in [0.05, 0.1) is 19.9 Å². The molecule has 1 atom stereocenters. The van der Waals surface area contributed by atoms with Crippen LogP contribution >= 0.6 is 0 Å². The van der Waals surface area contributed by atoms with Crippen molar-refractivity contribution in [2.75, 3.05) is 7.11 Å². The van der Waals surface area contributed by atoms with Gasteiger partial charge in [0.25, 0.3) is 0 Å². The predicted molar refractivity (Wildman–Crippen MR) is 133 cm³/mol. The van der Waals surface area contributed by atoms with Crippen molar-refractivity contribution in [2.24, 2.45) is 5.92 Å². The Labute approximate surface area is 212 Å². The van der Waals surface area contributed by atoms with Crippen molar-refractivity contribution in [3.8, 4) is 11.5 Å². The molecule has 0 bridgehead atoms. The first-order chi connectivity index (χ1) is 17.3. The van der Waals surface area contributed by atoms with Crippen LogP contribution in [-0.2, 0) is 28.0 Å². The number of amides is 1. The summed E-state index contributed by atoms with van der Waals surface area (Å²) in [6, 6.07) is 12.8. The molecule has 9 heteroatoms. The van der Waals surface area contributed by atoms with Gasteiger partial charge in [0.1, 0.15) is 16.5 Å². The summed E-state index contributed by atoms with van der Waals surface area (Å²) >= 11 is 0. The molecular weight excluding hydrogens is 485 g/mol. The van der Waals surface area contributed by atoms with Crippen LogP contribution in [0.15, 0.2) is 70.2 Å². The van der Waals surface area contributed by atoms with Crippen molar-refractivity contribution in [1.82, 2.24) is 4.90 Å². The number of halogens is 1. The quantitative estimate of drug-likeness (QED) is 0.261. The fourth-order valence-electron chi connectivity index (χ4n) is 3.89. The summed E-state index contributed by atoms with van der Waals surface area (Å²) in [7, 11) is -2.83. The summed E-state index contributed by atoms with van der Waals surface area (Å²) in [5.41, 5.74) is 0.658. The summed E-state index contributed by atoms with van der Waals surface area (Å²) in [5, 5.41) is 0. The van der Waals surface area contributed by atoms with Crippen LogP contribution in [0.2, 0.25) is 0 Å². The molecule has 1 amide bonds. The summed E-state index contributed by atoms with van der Waals surface area (Å²) in [5.74, 6) is 0.175. The van der Waals surface area contributed by atoms with Crippen molar-refractivity contribution in [2.45, 2.75) is 57.5 Å². The fourth-order valence-corrected chi connectivity index (χ4v) is 4.82. The Morgan fingerprint density at radius 2 is 1.81 bits per heavy atom. The van der Waals surface area contributed by atoms with Crippen LogP contribution in [0, 0.1) is 11.7 Å². The largest absolute Gasteiger partial charge is 0.493 e. The van der Waals surface area contributed by atoms with E-state index >= 15 is 0 Å². The zero-order chi connectivity index (χ0) is 26.1. The third kappa shape index (κ3) is 7.10. The summed E-state index contributed by atoms with van der Waals surface area (Å²) in [4.78, 5) is 15.0. The number of rotatable bonds is 13. The molecular formula is C27H32FNO6S. The molecule has 1 unspecified atom stereocenters. The van der Waals surface area contributed by atoms with E-state index in [2.05, 4.69) is 6.92 Å². The SMILES string of the molecule is CCCCC(CC)C(=O)N(Cc1ccc(OC)c(OS(=O)(=O)c2ccc(F)cc2)c1)Cc1ccco1. The van der Waals surface area contributed by atoms with Crippen LogP contribution in [0.4, 0.5) is 4.39 Å². The van der Waals surface area contributed by atoms with Gasteiger partial charge in [-0.3, -0.25) is 4.79 Å². The minimum Gasteiger partial charge on any atom is -0.493 e. The van der Waals surface area contributed by atoms with Crippen LogP contribution in [0.3, 0.4) is 0 Å². The standard InChI is InChI=1S/C27H32FNO6S/c1-4-6-8-21(5-2)27(30)29(19-23-9-7-16-34-23)18-20-10-15-25(33-3)26(17-20)35-36(31,32)24-13-11-22(28)12-14-24/h7,9-17,21H,4-6,8,18-19H2,1-3H3. The van der Waals surface area contributed by atoms with Crippen molar-refractivity contribution < 1.29 is 30.9 Å². The molecule has 0 aliphatic rings. The Kier molecular flexibility index (Phi) is 9.52. The second-order valence-corrected chi connectivity index (χ2v) is 10.0. The van der Waals surface area contributed by atoms with Gasteiger partial charge < -0.3 is 18.2 Å². The van der Waals surface area contributed by atoms with Gasteiger partial charge in [-0.1, -0.05) is 32.8 Å². The normalized spacial score (nSPS) is 12.2. The highest BCUT2D eigenvalue weighted by molar-refractivity contribution is 7.87. The molecule has 194 valence electrons. The monoisotopic (exact) mass is 517 g/mol. The highest BCUT2D eigenvalue weighted by Gasteiger charge is 2.25. The minimum atomic E-state index is -4.24. The molecule has 0 N–H and O–H groups in total. The molecule has 1 aromatic heterocycles. The van der Waals surface area contributed by atoms with E-state index in [4.69, 9.17) is 13.3 Å². The molecule has 0 aliphatic carbocycles. The van der Waals surface area contributed by atoms with Crippen LogP contribution in [0.25, 0.3) is 0 Å². The summed E-state index contributed by atoms with van der Waals surface area (Å²) in [6.45, 7) is 4.60. The Balaban J connectivity index is 1.89. The number of hydrogen-bond acceptors (Lipinski definition) is 6. The lowest BCUT2D eigenvalue weighted by Gasteiger charge is -2.27. The number of benzene rings is 2. The van der Waals surface area contributed by atoms with Crippen LogP contribution in [-0.4, -0.2) is 26.3 Å². The topological polar surface area (TPSA) is 86.0 Å². The van der Waals surface area contributed by atoms with E-state index in [1.165, 1.54) is 13.2 Å². The number of furan rings is 1. The van der Waals surface area contributed by atoms with Gasteiger partial charge in [-0.25, -0.2) is 4.39 Å². The maximum atomic E-state index is 13.5. The maximum absolute atomic E-state index is 13.5. The second-order valence-electron chi connectivity index (χ2n) is 8.50. The van der Waals surface area contributed by atoms with Gasteiger partial charge in [0.15, 0.2) is 11.5 Å². The van der Waals surface area contributed by atoms with E-state index in [1.54, 1.807) is 29.4 Å². The zero-order valence-electron chi connectivity index (χ0n) is 20.8. The lowest BCUT2D eigenvalue weighted by molar-refractivity contribution is -0.137. The van der Waals surface area contributed by atoms with Gasteiger partial charge in [0, 0.05) is 12.5 Å². The van der Waals surface area contributed by atoms with E-state index in [0.717, 1.165) is 49.9 Å². The number of ether oxygens (including phenoxy) is 1. The molecule has 3 rings (SSSR count). The Morgan fingerprint density at radius 3 is 2.42 bits per heavy atom. The van der Waals surface area contributed by atoms with Crippen LogP contribution < -0.4 is 8.92 Å². The Hall–Kier alpha value is -3.33. The average molecular weight is 518 g/mol. The summed E-state index contributed by atoms with van der Waals surface area (Å²) in [6.07, 6.45) is 5.05. The number of hydrogen-bond donors (Lipinski definition) is 0. The molecule has 1 heterocycles. The molecule has 0 aliphatic heterocycles. The van der Waals surface area contributed by atoms with E-state index < -0.39 is 15.9 Å².